The molecule has 4 rings (SSSR count). The molecule has 2 aromatic carbocycles. The highest BCUT2D eigenvalue weighted by Crippen LogP contribution is 2.40. The topological polar surface area (TPSA) is 41.6 Å². The summed E-state index contributed by atoms with van der Waals surface area (Å²) in [7, 11) is 0. The second-order valence-electron chi connectivity index (χ2n) is 7.43. The maximum Gasteiger partial charge on any atom is 0.317 e. The van der Waals surface area contributed by atoms with Gasteiger partial charge in [-0.1, -0.05) is 48.0 Å². The first-order valence-corrected chi connectivity index (χ1v) is 9.53. The Kier molecular flexibility index (Phi) is 4.83. The standard InChI is InChI=1S/C22H26N2O2/c1-16-7-9-18(10-8-16)26-19-11-13-24(14-12-19)22(25)23-21-15-20(21)17-5-3-2-4-6-17/h2-10,19-21H,11-15H2,1H3,(H,23,25)/t20-,21+/m1/s1. The number of hydrogen-bond acceptors (Lipinski definition) is 2. The van der Waals surface area contributed by atoms with E-state index in [1.54, 1.807) is 0 Å². The smallest absolute Gasteiger partial charge is 0.317 e. The van der Waals surface area contributed by atoms with Crippen LogP contribution >= 0.6 is 0 Å². The molecule has 2 fully saturated rings. The summed E-state index contributed by atoms with van der Waals surface area (Å²) in [6, 6.07) is 19.0. The molecule has 1 heterocycles. The van der Waals surface area contributed by atoms with Crippen molar-refractivity contribution in [2.75, 3.05) is 13.1 Å². The number of amides is 2. The fourth-order valence-corrected chi connectivity index (χ4v) is 3.66. The average Bonchev–Trinajstić information content (AvgIpc) is 3.44. The molecule has 1 aliphatic heterocycles. The van der Waals surface area contributed by atoms with Gasteiger partial charge < -0.3 is 15.0 Å². The molecular formula is C22H26N2O2. The van der Waals surface area contributed by atoms with Gasteiger partial charge in [-0.3, -0.25) is 0 Å². The number of benzene rings is 2. The maximum absolute atomic E-state index is 12.5. The molecule has 1 N–H and O–H groups in total. The van der Waals surface area contributed by atoms with Gasteiger partial charge in [-0.05, 0) is 31.0 Å². The molecule has 2 atom stereocenters. The average molecular weight is 350 g/mol. The largest absolute Gasteiger partial charge is 0.490 e. The molecule has 1 saturated heterocycles. The Balaban J connectivity index is 1.22. The van der Waals surface area contributed by atoms with Crippen LogP contribution in [0.2, 0.25) is 0 Å². The van der Waals surface area contributed by atoms with Gasteiger partial charge in [0, 0.05) is 37.9 Å². The van der Waals surface area contributed by atoms with E-state index in [2.05, 4.69) is 48.6 Å². The minimum Gasteiger partial charge on any atom is -0.490 e. The number of aryl methyl sites for hydroxylation is 1. The predicted octanol–water partition coefficient (Wildman–Crippen LogP) is 4.10. The summed E-state index contributed by atoms with van der Waals surface area (Å²) in [6.07, 6.45) is 3.00. The van der Waals surface area contributed by atoms with Crippen LogP contribution in [0.4, 0.5) is 4.79 Å². The molecule has 0 bridgehead atoms. The zero-order valence-electron chi connectivity index (χ0n) is 15.2. The Morgan fingerprint density at radius 3 is 2.42 bits per heavy atom. The fraction of sp³-hybridized carbons (Fsp3) is 0.409. The van der Waals surface area contributed by atoms with Gasteiger partial charge in [-0.15, -0.1) is 0 Å². The molecule has 0 spiro atoms. The van der Waals surface area contributed by atoms with Crippen molar-refractivity contribution in [2.45, 2.75) is 44.2 Å². The molecule has 0 radical (unpaired) electrons. The zero-order valence-corrected chi connectivity index (χ0v) is 15.2. The van der Waals surface area contributed by atoms with Gasteiger partial charge in [0.25, 0.3) is 0 Å². The molecule has 0 unspecified atom stereocenters. The molecule has 4 heteroatoms. The van der Waals surface area contributed by atoms with E-state index in [0.717, 1.165) is 38.1 Å². The molecule has 1 saturated carbocycles. The first kappa shape index (κ1) is 17.0. The van der Waals surface area contributed by atoms with E-state index in [1.807, 2.05) is 23.1 Å². The van der Waals surface area contributed by atoms with E-state index in [0.29, 0.717) is 5.92 Å². The van der Waals surface area contributed by atoms with E-state index in [4.69, 9.17) is 4.74 Å². The van der Waals surface area contributed by atoms with E-state index < -0.39 is 0 Å². The van der Waals surface area contributed by atoms with Crippen molar-refractivity contribution in [3.63, 3.8) is 0 Å². The van der Waals surface area contributed by atoms with Crippen LogP contribution in [0.15, 0.2) is 54.6 Å². The second kappa shape index (κ2) is 7.40. The Hall–Kier alpha value is -2.49. The van der Waals surface area contributed by atoms with E-state index >= 15 is 0 Å². The van der Waals surface area contributed by atoms with Gasteiger partial charge in [0.15, 0.2) is 0 Å². The number of nitrogens with one attached hydrogen (secondary N) is 1. The highest BCUT2D eigenvalue weighted by Gasteiger charge is 2.40. The number of likely N-dealkylation sites (tertiary alicyclic amines) is 1. The molecule has 1 aliphatic carbocycles. The second-order valence-corrected chi connectivity index (χ2v) is 7.43. The van der Waals surface area contributed by atoms with Crippen LogP contribution in [0.3, 0.4) is 0 Å². The normalized spacial score (nSPS) is 22.7. The van der Waals surface area contributed by atoms with Gasteiger partial charge in [-0.25, -0.2) is 4.79 Å². The number of urea groups is 1. The zero-order chi connectivity index (χ0) is 17.9. The summed E-state index contributed by atoms with van der Waals surface area (Å²) in [6.45, 7) is 3.58. The number of hydrogen-bond donors (Lipinski definition) is 1. The third-order valence-electron chi connectivity index (χ3n) is 5.38. The first-order chi connectivity index (χ1) is 12.7. The van der Waals surface area contributed by atoms with Crippen LogP contribution in [-0.2, 0) is 0 Å². The highest BCUT2D eigenvalue weighted by atomic mass is 16.5. The number of rotatable bonds is 4. The lowest BCUT2D eigenvalue weighted by Gasteiger charge is -2.32. The lowest BCUT2D eigenvalue weighted by Crippen LogP contribution is -2.47. The van der Waals surface area contributed by atoms with Crippen molar-refractivity contribution in [3.8, 4) is 5.75 Å². The summed E-state index contributed by atoms with van der Waals surface area (Å²) in [5.41, 5.74) is 2.56. The van der Waals surface area contributed by atoms with Crippen molar-refractivity contribution in [2.24, 2.45) is 0 Å². The summed E-state index contributed by atoms with van der Waals surface area (Å²) >= 11 is 0. The molecule has 136 valence electrons. The fourth-order valence-electron chi connectivity index (χ4n) is 3.66. The number of piperidine rings is 1. The minimum absolute atomic E-state index is 0.0715. The van der Waals surface area contributed by atoms with Crippen LogP contribution in [0.1, 0.15) is 36.3 Å². The summed E-state index contributed by atoms with van der Waals surface area (Å²) < 4.78 is 6.05. The number of carbonyl (C=O) groups excluding carboxylic acids is 1. The van der Waals surface area contributed by atoms with Gasteiger partial charge in [0.2, 0.25) is 0 Å². The van der Waals surface area contributed by atoms with Crippen molar-refractivity contribution in [1.29, 1.82) is 0 Å². The predicted molar refractivity (Wildman–Crippen MR) is 103 cm³/mol. The molecule has 0 aromatic heterocycles. The van der Waals surface area contributed by atoms with Gasteiger partial charge in [0.05, 0.1) is 0 Å². The van der Waals surface area contributed by atoms with Gasteiger partial charge >= 0.3 is 6.03 Å². The molecule has 2 amide bonds. The van der Waals surface area contributed by atoms with E-state index in [1.165, 1.54) is 11.1 Å². The Morgan fingerprint density at radius 1 is 1.04 bits per heavy atom. The van der Waals surface area contributed by atoms with Crippen molar-refractivity contribution < 1.29 is 9.53 Å². The van der Waals surface area contributed by atoms with Crippen LogP contribution in [0, 0.1) is 6.92 Å². The van der Waals surface area contributed by atoms with E-state index in [9.17, 15) is 4.79 Å². The first-order valence-electron chi connectivity index (χ1n) is 9.53. The molecule has 2 aliphatic rings. The van der Waals surface area contributed by atoms with Gasteiger partial charge in [-0.2, -0.15) is 0 Å². The minimum atomic E-state index is 0.0715. The van der Waals surface area contributed by atoms with Crippen LogP contribution in [-0.4, -0.2) is 36.2 Å². The van der Waals surface area contributed by atoms with E-state index in [-0.39, 0.29) is 18.2 Å². The third-order valence-corrected chi connectivity index (χ3v) is 5.38. The molecule has 26 heavy (non-hydrogen) atoms. The lowest BCUT2D eigenvalue weighted by molar-refractivity contribution is 0.111. The maximum atomic E-state index is 12.5. The Labute approximate surface area is 155 Å². The van der Waals surface area contributed by atoms with Crippen LogP contribution < -0.4 is 10.1 Å². The number of ether oxygens (including phenoxy) is 1. The highest BCUT2D eigenvalue weighted by molar-refractivity contribution is 5.75. The molecule has 2 aromatic rings. The van der Waals surface area contributed by atoms with Gasteiger partial charge in [0.1, 0.15) is 11.9 Å². The SMILES string of the molecule is Cc1ccc(OC2CCN(C(=O)N[C@H]3C[C@@H]3c3ccccc3)CC2)cc1. The quantitative estimate of drug-likeness (QED) is 0.902. The lowest BCUT2D eigenvalue weighted by atomic mass is 10.1. The molecular weight excluding hydrogens is 324 g/mol. The third kappa shape index (κ3) is 4.01. The van der Waals surface area contributed by atoms with Crippen LogP contribution in [0.5, 0.6) is 5.75 Å². The van der Waals surface area contributed by atoms with Crippen LogP contribution in [0.25, 0.3) is 0 Å². The monoisotopic (exact) mass is 350 g/mol. The number of nitrogens with zero attached hydrogens (tertiary/aromatic N) is 1. The summed E-state index contributed by atoms with van der Waals surface area (Å²) in [4.78, 5) is 14.4. The Morgan fingerprint density at radius 2 is 1.73 bits per heavy atom. The summed E-state index contributed by atoms with van der Waals surface area (Å²) in [5, 5.41) is 3.19. The Bertz CT molecular complexity index is 736. The van der Waals surface area contributed by atoms with Crippen molar-refractivity contribution >= 4 is 6.03 Å². The van der Waals surface area contributed by atoms with Crippen molar-refractivity contribution in [1.82, 2.24) is 10.2 Å². The molecule has 4 nitrogen and oxygen atoms in total. The summed E-state index contributed by atoms with van der Waals surface area (Å²) in [5.74, 6) is 1.39. The van der Waals surface area contributed by atoms with Crippen molar-refractivity contribution in [3.05, 3.63) is 65.7 Å². The number of carbonyl (C=O) groups is 1.